The van der Waals surface area contributed by atoms with Gasteiger partial charge < -0.3 is 4.90 Å². The van der Waals surface area contributed by atoms with Gasteiger partial charge in [0.25, 0.3) is 11.6 Å². The molecule has 102 valence electrons. The molecule has 2 rings (SSSR count). The second-order valence-electron chi connectivity index (χ2n) is 4.58. The summed E-state index contributed by atoms with van der Waals surface area (Å²) >= 11 is 5.73. The van der Waals surface area contributed by atoms with Gasteiger partial charge in [-0.3, -0.25) is 14.9 Å². The van der Waals surface area contributed by atoms with Crippen molar-refractivity contribution in [3.63, 3.8) is 0 Å². The van der Waals surface area contributed by atoms with Crippen LogP contribution in [0.2, 0.25) is 0 Å². The molecule has 1 aliphatic rings. The van der Waals surface area contributed by atoms with E-state index in [1.165, 1.54) is 18.2 Å². The van der Waals surface area contributed by atoms with Gasteiger partial charge in [0.15, 0.2) is 0 Å². The van der Waals surface area contributed by atoms with Crippen LogP contribution in [-0.4, -0.2) is 34.2 Å². The van der Waals surface area contributed by atoms with Crippen LogP contribution in [0, 0.1) is 10.1 Å². The van der Waals surface area contributed by atoms with Gasteiger partial charge in [-0.15, -0.1) is 11.6 Å². The van der Waals surface area contributed by atoms with Crippen molar-refractivity contribution in [1.82, 2.24) is 4.90 Å². The summed E-state index contributed by atoms with van der Waals surface area (Å²) in [6.07, 6.45) is 3.08. The minimum atomic E-state index is -0.494. The molecule has 1 aliphatic carbocycles. The molecule has 0 N–H and O–H groups in total. The van der Waals surface area contributed by atoms with Crippen LogP contribution in [0.1, 0.15) is 29.6 Å². The highest BCUT2D eigenvalue weighted by atomic mass is 35.5. The van der Waals surface area contributed by atoms with E-state index in [1.807, 2.05) is 0 Å². The third-order valence-corrected chi connectivity index (χ3v) is 3.57. The molecular weight excluding hydrogens is 268 g/mol. The molecule has 0 aliphatic heterocycles. The first-order valence-corrected chi connectivity index (χ1v) is 6.78. The zero-order valence-corrected chi connectivity index (χ0v) is 11.2. The summed E-state index contributed by atoms with van der Waals surface area (Å²) in [7, 11) is 0. The summed E-state index contributed by atoms with van der Waals surface area (Å²) in [6.45, 7) is 0.480. The number of nitro groups is 1. The fraction of sp³-hybridized carbons (Fsp3) is 0.462. The smallest absolute Gasteiger partial charge is 0.270 e. The molecule has 19 heavy (non-hydrogen) atoms. The standard InChI is InChI=1S/C13H15ClN2O3/c14-7-8-15(11-4-2-5-11)13(17)10-3-1-6-12(9-10)16(18)19/h1,3,6,9,11H,2,4-5,7-8H2. The normalized spacial score (nSPS) is 14.8. The van der Waals surface area contributed by atoms with E-state index in [0.29, 0.717) is 18.0 Å². The number of nitrogens with zero attached hydrogens (tertiary/aromatic N) is 2. The van der Waals surface area contributed by atoms with Gasteiger partial charge >= 0.3 is 0 Å². The monoisotopic (exact) mass is 282 g/mol. The molecule has 0 aromatic heterocycles. The van der Waals surface area contributed by atoms with Gasteiger partial charge in [0.05, 0.1) is 4.92 Å². The number of hydrogen-bond acceptors (Lipinski definition) is 3. The molecule has 0 bridgehead atoms. The first-order chi connectivity index (χ1) is 9.13. The van der Waals surface area contributed by atoms with E-state index in [2.05, 4.69) is 0 Å². The predicted molar refractivity (Wildman–Crippen MR) is 72.5 cm³/mol. The van der Waals surface area contributed by atoms with Gasteiger partial charge in [0.1, 0.15) is 0 Å². The lowest BCUT2D eigenvalue weighted by Gasteiger charge is -2.37. The molecule has 0 unspecified atom stereocenters. The van der Waals surface area contributed by atoms with E-state index >= 15 is 0 Å². The molecular formula is C13H15ClN2O3. The number of nitro benzene ring substituents is 1. The van der Waals surface area contributed by atoms with Crippen molar-refractivity contribution in [3.8, 4) is 0 Å². The van der Waals surface area contributed by atoms with Crippen molar-refractivity contribution in [1.29, 1.82) is 0 Å². The maximum absolute atomic E-state index is 12.4. The highest BCUT2D eigenvalue weighted by Gasteiger charge is 2.29. The molecule has 5 nitrogen and oxygen atoms in total. The summed E-state index contributed by atoms with van der Waals surface area (Å²) in [4.78, 5) is 24.4. The number of non-ortho nitro benzene ring substituents is 1. The molecule has 0 radical (unpaired) electrons. The van der Waals surface area contributed by atoms with Crippen molar-refractivity contribution in [2.24, 2.45) is 0 Å². The average Bonchev–Trinajstić information content (AvgIpc) is 2.35. The summed E-state index contributed by atoms with van der Waals surface area (Å²) in [6, 6.07) is 6.07. The van der Waals surface area contributed by atoms with E-state index in [9.17, 15) is 14.9 Å². The first kappa shape index (κ1) is 13.8. The van der Waals surface area contributed by atoms with Gasteiger partial charge in [-0.05, 0) is 25.3 Å². The fourth-order valence-corrected chi connectivity index (χ4v) is 2.34. The van der Waals surface area contributed by atoms with Gasteiger partial charge in [0, 0.05) is 36.2 Å². The largest absolute Gasteiger partial charge is 0.334 e. The van der Waals surface area contributed by atoms with Crippen LogP contribution in [0.4, 0.5) is 5.69 Å². The van der Waals surface area contributed by atoms with Crippen LogP contribution in [-0.2, 0) is 0 Å². The van der Waals surface area contributed by atoms with E-state index in [1.54, 1.807) is 11.0 Å². The SMILES string of the molecule is O=C(c1cccc([N+](=O)[O-])c1)N(CCCl)C1CCC1. The predicted octanol–water partition coefficient (Wildman–Crippen LogP) is 2.83. The number of benzene rings is 1. The summed E-state index contributed by atoms with van der Waals surface area (Å²) in [5.41, 5.74) is 0.288. The van der Waals surface area contributed by atoms with Gasteiger partial charge in [-0.2, -0.15) is 0 Å². The molecule has 1 fully saturated rings. The number of hydrogen-bond donors (Lipinski definition) is 0. The number of amides is 1. The fourth-order valence-electron chi connectivity index (χ4n) is 2.16. The Kier molecular flexibility index (Phi) is 4.37. The number of alkyl halides is 1. The Bertz CT molecular complexity index is 489. The molecule has 0 heterocycles. The van der Waals surface area contributed by atoms with E-state index in [4.69, 9.17) is 11.6 Å². The van der Waals surface area contributed by atoms with Crippen molar-refractivity contribution in [2.45, 2.75) is 25.3 Å². The lowest BCUT2D eigenvalue weighted by molar-refractivity contribution is -0.384. The average molecular weight is 283 g/mol. The molecule has 1 amide bonds. The maximum Gasteiger partial charge on any atom is 0.270 e. The number of carbonyl (C=O) groups excluding carboxylic acids is 1. The van der Waals surface area contributed by atoms with Gasteiger partial charge in [-0.1, -0.05) is 6.07 Å². The Morgan fingerprint density at radius 2 is 2.21 bits per heavy atom. The van der Waals surface area contributed by atoms with Gasteiger partial charge in [-0.25, -0.2) is 0 Å². The Morgan fingerprint density at radius 1 is 1.47 bits per heavy atom. The van der Waals surface area contributed by atoms with E-state index in [0.717, 1.165) is 19.3 Å². The molecule has 0 saturated heterocycles. The molecule has 6 heteroatoms. The van der Waals surface area contributed by atoms with Crippen molar-refractivity contribution in [3.05, 3.63) is 39.9 Å². The Labute approximate surface area is 116 Å². The lowest BCUT2D eigenvalue weighted by atomic mass is 9.91. The quantitative estimate of drug-likeness (QED) is 0.474. The van der Waals surface area contributed by atoms with Crippen molar-refractivity contribution >= 4 is 23.2 Å². The molecule has 0 atom stereocenters. The van der Waals surface area contributed by atoms with E-state index < -0.39 is 4.92 Å². The Hall–Kier alpha value is -1.62. The molecule has 1 aromatic rings. The van der Waals surface area contributed by atoms with Crippen molar-refractivity contribution in [2.75, 3.05) is 12.4 Å². The molecule has 1 aromatic carbocycles. The van der Waals surface area contributed by atoms with Crippen LogP contribution in [0.5, 0.6) is 0 Å². The van der Waals surface area contributed by atoms with Crippen LogP contribution >= 0.6 is 11.6 Å². The lowest BCUT2D eigenvalue weighted by Crippen LogP contribution is -2.45. The summed E-state index contributed by atoms with van der Waals surface area (Å²) in [5, 5.41) is 10.7. The minimum Gasteiger partial charge on any atom is -0.334 e. The second kappa shape index (κ2) is 6.02. The number of rotatable bonds is 5. The first-order valence-electron chi connectivity index (χ1n) is 6.25. The van der Waals surface area contributed by atoms with Crippen LogP contribution in [0.3, 0.4) is 0 Å². The van der Waals surface area contributed by atoms with Crippen LogP contribution in [0.15, 0.2) is 24.3 Å². The topological polar surface area (TPSA) is 63.4 Å². The third kappa shape index (κ3) is 3.04. The third-order valence-electron chi connectivity index (χ3n) is 3.41. The summed E-state index contributed by atoms with van der Waals surface area (Å²) < 4.78 is 0. The zero-order chi connectivity index (χ0) is 13.8. The van der Waals surface area contributed by atoms with Crippen LogP contribution < -0.4 is 0 Å². The molecule has 1 saturated carbocycles. The Morgan fingerprint density at radius 3 is 2.74 bits per heavy atom. The summed E-state index contributed by atoms with van der Waals surface area (Å²) in [5.74, 6) is 0.200. The second-order valence-corrected chi connectivity index (χ2v) is 4.96. The highest BCUT2D eigenvalue weighted by molar-refractivity contribution is 6.18. The van der Waals surface area contributed by atoms with Crippen LogP contribution in [0.25, 0.3) is 0 Å². The minimum absolute atomic E-state index is 0.0646. The zero-order valence-electron chi connectivity index (χ0n) is 10.4. The van der Waals surface area contributed by atoms with Gasteiger partial charge in [0.2, 0.25) is 0 Å². The molecule has 0 spiro atoms. The highest BCUT2D eigenvalue weighted by Crippen LogP contribution is 2.26. The van der Waals surface area contributed by atoms with Crippen molar-refractivity contribution < 1.29 is 9.72 Å². The number of carbonyl (C=O) groups is 1. The Balaban J connectivity index is 2.20. The van der Waals surface area contributed by atoms with E-state index in [-0.39, 0.29) is 17.6 Å². The maximum atomic E-state index is 12.4. The number of halogens is 1.